The van der Waals surface area contributed by atoms with Crippen molar-refractivity contribution in [3.8, 4) is 0 Å². The summed E-state index contributed by atoms with van der Waals surface area (Å²) < 4.78 is 22.6. The number of nitrogens with two attached hydrogens (primary N) is 1. The molecule has 27 heavy (non-hydrogen) atoms. The molecule has 0 unspecified atom stereocenters. The second-order valence-electron chi connectivity index (χ2n) is 6.06. The molecule has 0 aliphatic carbocycles. The minimum Gasteiger partial charge on any atom is -0.337 e. The van der Waals surface area contributed by atoms with Crippen molar-refractivity contribution in [2.75, 3.05) is 5.32 Å². The van der Waals surface area contributed by atoms with Gasteiger partial charge in [0.1, 0.15) is 5.03 Å². The van der Waals surface area contributed by atoms with Gasteiger partial charge in [0.05, 0.1) is 10.6 Å². The summed E-state index contributed by atoms with van der Waals surface area (Å²) in [5.74, 6) is 0.773. The van der Waals surface area contributed by atoms with Crippen molar-refractivity contribution in [2.45, 2.75) is 27.9 Å². The van der Waals surface area contributed by atoms with Gasteiger partial charge >= 0.3 is 0 Å². The molecule has 0 bridgehead atoms. The van der Waals surface area contributed by atoms with Gasteiger partial charge in [-0.2, -0.15) is 0 Å². The number of primary sulfonamides is 1. The lowest BCUT2D eigenvalue weighted by molar-refractivity contribution is 0.597. The summed E-state index contributed by atoms with van der Waals surface area (Å²) >= 11 is 1.60. The van der Waals surface area contributed by atoms with Gasteiger partial charge in [0.25, 0.3) is 0 Å². The van der Waals surface area contributed by atoms with Crippen LogP contribution in [-0.2, 0) is 23.1 Å². The van der Waals surface area contributed by atoms with E-state index in [1.807, 2.05) is 0 Å². The molecule has 4 rings (SSSR count). The maximum absolute atomic E-state index is 11.3. The summed E-state index contributed by atoms with van der Waals surface area (Å²) in [6.45, 7) is 1.31. The molecule has 0 amide bonds. The Bertz CT molecular complexity index is 1090. The van der Waals surface area contributed by atoms with Crippen LogP contribution in [0.4, 0.5) is 11.5 Å². The van der Waals surface area contributed by atoms with E-state index in [1.54, 1.807) is 36.3 Å². The van der Waals surface area contributed by atoms with Crippen LogP contribution in [0.2, 0.25) is 0 Å². The third kappa shape index (κ3) is 4.11. The van der Waals surface area contributed by atoms with E-state index in [0.717, 1.165) is 32.6 Å². The maximum Gasteiger partial charge on any atom is 0.238 e. The van der Waals surface area contributed by atoms with E-state index >= 15 is 0 Å². The van der Waals surface area contributed by atoms with Crippen molar-refractivity contribution < 1.29 is 8.42 Å². The highest BCUT2D eigenvalue weighted by Gasteiger charge is 2.17. The summed E-state index contributed by atoms with van der Waals surface area (Å²) in [6, 6.07) is 12.8. The molecule has 4 N–H and O–H groups in total. The number of anilines is 2. The highest BCUT2D eigenvalue weighted by atomic mass is 32.2. The SMILES string of the molecule is NS(=O)(=O)c1ccc(CNCc2ccc3c(c2)Nc2nccnc2S3)cc1. The lowest BCUT2D eigenvalue weighted by Gasteiger charge is -2.19. The van der Waals surface area contributed by atoms with E-state index < -0.39 is 10.0 Å². The maximum atomic E-state index is 11.3. The minimum atomic E-state index is -3.65. The van der Waals surface area contributed by atoms with Crippen molar-refractivity contribution in [3.05, 3.63) is 66.0 Å². The molecule has 3 aromatic rings. The molecule has 1 aliphatic rings. The summed E-state index contributed by atoms with van der Waals surface area (Å²) in [4.78, 5) is 9.87. The molecular weight excluding hydrogens is 382 g/mol. The van der Waals surface area contributed by atoms with Crippen LogP contribution in [0.1, 0.15) is 11.1 Å². The fourth-order valence-corrected chi connectivity index (χ4v) is 4.13. The van der Waals surface area contributed by atoms with E-state index in [2.05, 4.69) is 38.8 Å². The molecule has 0 spiro atoms. The lowest BCUT2D eigenvalue weighted by atomic mass is 10.2. The van der Waals surface area contributed by atoms with Gasteiger partial charge < -0.3 is 10.6 Å². The third-order valence-corrected chi connectivity index (χ3v) is 6.08. The van der Waals surface area contributed by atoms with Gasteiger partial charge in [-0.25, -0.2) is 23.5 Å². The minimum absolute atomic E-state index is 0.118. The number of hydrogen-bond donors (Lipinski definition) is 3. The number of hydrogen-bond acceptors (Lipinski definition) is 7. The van der Waals surface area contributed by atoms with Gasteiger partial charge in [-0.1, -0.05) is 30.0 Å². The van der Waals surface area contributed by atoms with Gasteiger partial charge in [0, 0.05) is 30.4 Å². The number of rotatable bonds is 5. The Morgan fingerprint density at radius 2 is 1.70 bits per heavy atom. The molecule has 0 fully saturated rings. The highest BCUT2D eigenvalue weighted by molar-refractivity contribution is 7.99. The first-order chi connectivity index (χ1) is 13.0. The first-order valence-electron chi connectivity index (χ1n) is 8.20. The average molecular weight is 400 g/mol. The van der Waals surface area contributed by atoms with Crippen molar-refractivity contribution in [1.82, 2.24) is 15.3 Å². The Hall–Kier alpha value is -2.46. The van der Waals surface area contributed by atoms with E-state index in [4.69, 9.17) is 5.14 Å². The first-order valence-corrected chi connectivity index (χ1v) is 10.6. The van der Waals surface area contributed by atoms with Crippen LogP contribution in [0.5, 0.6) is 0 Å². The van der Waals surface area contributed by atoms with Gasteiger partial charge in [0.2, 0.25) is 10.0 Å². The monoisotopic (exact) mass is 399 g/mol. The molecule has 0 radical (unpaired) electrons. The van der Waals surface area contributed by atoms with Gasteiger partial charge in [-0.3, -0.25) is 0 Å². The Morgan fingerprint density at radius 1 is 1.00 bits per heavy atom. The van der Waals surface area contributed by atoms with Crippen LogP contribution < -0.4 is 15.8 Å². The number of sulfonamides is 1. The van der Waals surface area contributed by atoms with E-state index in [9.17, 15) is 8.42 Å². The second-order valence-corrected chi connectivity index (χ2v) is 8.65. The molecule has 2 heterocycles. The van der Waals surface area contributed by atoms with Crippen LogP contribution in [0.15, 0.2) is 69.7 Å². The van der Waals surface area contributed by atoms with Crippen LogP contribution in [0, 0.1) is 0 Å². The molecular formula is C18H17N5O2S2. The van der Waals surface area contributed by atoms with Crippen molar-refractivity contribution in [2.24, 2.45) is 5.14 Å². The average Bonchev–Trinajstić information content (AvgIpc) is 2.66. The number of benzene rings is 2. The van der Waals surface area contributed by atoms with Gasteiger partial charge in [-0.15, -0.1) is 0 Å². The normalized spacial score (nSPS) is 12.8. The quantitative estimate of drug-likeness (QED) is 0.473. The van der Waals surface area contributed by atoms with Crippen molar-refractivity contribution in [3.63, 3.8) is 0 Å². The number of nitrogens with zero attached hydrogens (tertiary/aromatic N) is 2. The summed E-state index contributed by atoms with van der Waals surface area (Å²) in [6.07, 6.45) is 3.36. The van der Waals surface area contributed by atoms with Crippen LogP contribution in [-0.4, -0.2) is 18.4 Å². The molecule has 7 nitrogen and oxygen atoms in total. The topological polar surface area (TPSA) is 110 Å². The summed E-state index contributed by atoms with van der Waals surface area (Å²) in [5, 5.41) is 12.7. The molecule has 1 aliphatic heterocycles. The fraction of sp³-hybridized carbons (Fsp3) is 0.111. The zero-order valence-corrected chi connectivity index (χ0v) is 15.8. The van der Waals surface area contributed by atoms with Gasteiger partial charge in [0.15, 0.2) is 5.82 Å². The van der Waals surface area contributed by atoms with Crippen molar-refractivity contribution >= 4 is 33.3 Å². The molecule has 0 saturated carbocycles. The van der Waals surface area contributed by atoms with Crippen LogP contribution in [0.25, 0.3) is 0 Å². The predicted molar refractivity (Wildman–Crippen MR) is 104 cm³/mol. The van der Waals surface area contributed by atoms with Gasteiger partial charge in [-0.05, 0) is 35.4 Å². The van der Waals surface area contributed by atoms with Crippen LogP contribution in [0.3, 0.4) is 0 Å². The standard InChI is InChI=1S/C18H17N5O2S2/c19-27(24,25)14-4-1-12(2-5-14)10-20-11-13-3-6-16-15(9-13)23-17-18(26-16)22-8-7-21-17/h1-9,20H,10-11H2,(H,21,23)(H2,19,24,25). The van der Waals surface area contributed by atoms with Crippen molar-refractivity contribution in [1.29, 1.82) is 0 Å². The van der Waals surface area contributed by atoms with E-state index in [1.165, 1.54) is 12.1 Å². The molecule has 1 aromatic heterocycles. The summed E-state index contributed by atoms with van der Waals surface area (Å²) in [7, 11) is -3.65. The molecule has 9 heteroatoms. The Morgan fingerprint density at radius 3 is 2.48 bits per heavy atom. The Kier molecular flexibility index (Phi) is 4.83. The smallest absolute Gasteiger partial charge is 0.238 e. The Labute approximate surface area is 161 Å². The summed E-state index contributed by atoms with van der Waals surface area (Å²) in [5.41, 5.74) is 3.14. The molecule has 2 aromatic carbocycles. The van der Waals surface area contributed by atoms with E-state index in [0.29, 0.717) is 13.1 Å². The molecule has 0 saturated heterocycles. The lowest BCUT2D eigenvalue weighted by Crippen LogP contribution is -2.14. The molecule has 0 atom stereocenters. The van der Waals surface area contributed by atoms with E-state index in [-0.39, 0.29) is 4.90 Å². The molecule has 138 valence electrons. The number of nitrogens with one attached hydrogen (secondary N) is 2. The second kappa shape index (κ2) is 7.28. The predicted octanol–water partition coefficient (Wildman–Crippen LogP) is 2.62. The zero-order chi connectivity index (χ0) is 18.9. The zero-order valence-electron chi connectivity index (χ0n) is 14.2. The Balaban J connectivity index is 1.39. The fourth-order valence-electron chi connectivity index (χ4n) is 2.74. The highest BCUT2D eigenvalue weighted by Crippen LogP contribution is 2.41. The van der Waals surface area contributed by atoms with Crippen LogP contribution >= 0.6 is 11.8 Å². The third-order valence-electron chi connectivity index (χ3n) is 4.08. The number of aromatic nitrogens is 2. The largest absolute Gasteiger partial charge is 0.337 e. The first kappa shape index (κ1) is 17.9. The number of fused-ring (bicyclic) bond motifs is 2.